The first kappa shape index (κ1) is 10.7. The highest BCUT2D eigenvalue weighted by atomic mass is 32.2. The summed E-state index contributed by atoms with van der Waals surface area (Å²) in [5, 5.41) is 8.78. The van der Waals surface area contributed by atoms with Crippen molar-refractivity contribution in [3.63, 3.8) is 0 Å². The van der Waals surface area contributed by atoms with Gasteiger partial charge in [-0.25, -0.2) is 0 Å². The minimum atomic E-state index is -3.45. The Balaban J connectivity index is 2.74. The highest BCUT2D eigenvalue weighted by molar-refractivity contribution is 7.86. The van der Waals surface area contributed by atoms with Crippen LogP contribution in [0.1, 0.15) is 19.3 Å². The fourth-order valence-corrected chi connectivity index (χ4v) is 2.34. The molecule has 0 bridgehead atoms. The molecule has 1 rings (SSSR count). The molecule has 0 aromatic carbocycles. The molecule has 1 atom stereocenters. The fourth-order valence-electron chi connectivity index (χ4n) is 1.52. The van der Waals surface area contributed by atoms with Gasteiger partial charge in [0.05, 0.1) is 6.26 Å². The third kappa shape index (κ3) is 3.10. The first-order chi connectivity index (χ1) is 5.97. The van der Waals surface area contributed by atoms with E-state index >= 15 is 0 Å². The summed E-state index contributed by atoms with van der Waals surface area (Å²) in [6.45, 7) is -0.0696. The molecular weight excluding hydrogens is 192 g/mol. The smallest absolute Gasteiger partial charge is 0.265 e. The van der Waals surface area contributed by atoms with Crippen LogP contribution in [0.3, 0.4) is 0 Å². The van der Waals surface area contributed by atoms with Gasteiger partial charge in [-0.05, 0) is 12.8 Å². The summed E-state index contributed by atoms with van der Waals surface area (Å²) in [5.41, 5.74) is -0.789. The normalized spacial score (nSPS) is 28.2. The molecule has 0 amide bonds. The average Bonchev–Trinajstić information content (AvgIpc) is 2.33. The predicted molar refractivity (Wildman–Crippen MR) is 48.7 cm³/mol. The van der Waals surface area contributed by atoms with Crippen LogP contribution in [0.25, 0.3) is 0 Å². The van der Waals surface area contributed by atoms with Crippen molar-refractivity contribution in [3.8, 4) is 0 Å². The van der Waals surface area contributed by atoms with Crippen molar-refractivity contribution in [2.24, 2.45) is 0 Å². The van der Waals surface area contributed by atoms with Crippen LogP contribution in [0, 0.1) is 0 Å². The minimum Gasteiger partial charge on any atom is -0.396 e. The van der Waals surface area contributed by atoms with Gasteiger partial charge in [0.2, 0.25) is 0 Å². The standard InChI is InChI=1S/C8H14O4S/c1-13(10,11)12-8(6-7-9)4-2-3-5-8/h2,4,9H,3,5-7H2,1H3. The van der Waals surface area contributed by atoms with Crippen LogP contribution >= 0.6 is 0 Å². The lowest BCUT2D eigenvalue weighted by Gasteiger charge is -2.24. The maximum Gasteiger partial charge on any atom is 0.265 e. The highest BCUT2D eigenvalue weighted by Gasteiger charge is 2.33. The second-order valence-electron chi connectivity index (χ2n) is 3.27. The number of hydrogen-bond donors (Lipinski definition) is 1. The molecule has 0 radical (unpaired) electrons. The summed E-state index contributed by atoms with van der Waals surface area (Å²) in [5.74, 6) is 0. The maximum absolute atomic E-state index is 10.9. The van der Waals surface area contributed by atoms with Gasteiger partial charge in [0.25, 0.3) is 10.1 Å². The lowest BCUT2D eigenvalue weighted by atomic mass is 10.0. The summed E-state index contributed by atoms with van der Waals surface area (Å²) in [4.78, 5) is 0. The number of hydrogen-bond acceptors (Lipinski definition) is 4. The molecule has 1 N–H and O–H groups in total. The number of aliphatic hydroxyl groups is 1. The lowest BCUT2D eigenvalue weighted by Crippen LogP contribution is -2.31. The third-order valence-corrected chi connectivity index (χ3v) is 2.64. The Morgan fingerprint density at radius 3 is 2.69 bits per heavy atom. The molecule has 1 unspecified atom stereocenters. The van der Waals surface area contributed by atoms with Gasteiger partial charge in [-0.3, -0.25) is 4.18 Å². The zero-order chi connectivity index (χ0) is 9.95. The van der Waals surface area contributed by atoms with Crippen molar-refractivity contribution >= 4 is 10.1 Å². The number of aliphatic hydroxyl groups excluding tert-OH is 1. The van der Waals surface area contributed by atoms with E-state index in [2.05, 4.69) is 0 Å². The maximum atomic E-state index is 10.9. The van der Waals surface area contributed by atoms with Crippen LogP contribution < -0.4 is 0 Å². The van der Waals surface area contributed by atoms with Gasteiger partial charge in [0, 0.05) is 13.0 Å². The van der Waals surface area contributed by atoms with Crippen LogP contribution in [-0.4, -0.2) is 32.0 Å². The van der Waals surface area contributed by atoms with Crippen molar-refractivity contribution in [2.75, 3.05) is 12.9 Å². The molecule has 0 saturated heterocycles. The van der Waals surface area contributed by atoms with E-state index in [-0.39, 0.29) is 6.61 Å². The molecule has 5 heteroatoms. The zero-order valence-electron chi connectivity index (χ0n) is 7.56. The summed E-state index contributed by atoms with van der Waals surface area (Å²) < 4.78 is 26.8. The van der Waals surface area contributed by atoms with E-state index in [1.165, 1.54) is 0 Å². The van der Waals surface area contributed by atoms with Crippen LogP contribution in [-0.2, 0) is 14.3 Å². The quantitative estimate of drug-likeness (QED) is 0.535. The predicted octanol–water partition coefficient (Wildman–Crippen LogP) is 0.434. The number of rotatable bonds is 4. The summed E-state index contributed by atoms with van der Waals surface area (Å²) in [7, 11) is -3.45. The Morgan fingerprint density at radius 1 is 1.62 bits per heavy atom. The Labute approximate surface area is 78.3 Å². The Hall–Kier alpha value is -0.390. The van der Waals surface area contributed by atoms with Crippen molar-refractivity contribution < 1.29 is 17.7 Å². The van der Waals surface area contributed by atoms with E-state index in [9.17, 15) is 8.42 Å². The topological polar surface area (TPSA) is 63.6 Å². The lowest BCUT2D eigenvalue weighted by molar-refractivity contribution is 0.0936. The van der Waals surface area contributed by atoms with Gasteiger partial charge in [0.15, 0.2) is 0 Å². The molecular formula is C8H14O4S. The molecule has 0 fully saturated rings. The van der Waals surface area contributed by atoms with Crippen molar-refractivity contribution in [1.82, 2.24) is 0 Å². The summed E-state index contributed by atoms with van der Waals surface area (Å²) >= 11 is 0. The monoisotopic (exact) mass is 206 g/mol. The zero-order valence-corrected chi connectivity index (χ0v) is 8.38. The van der Waals surface area contributed by atoms with E-state index < -0.39 is 15.7 Å². The second-order valence-corrected chi connectivity index (χ2v) is 4.84. The molecule has 76 valence electrons. The largest absolute Gasteiger partial charge is 0.396 e. The molecule has 0 aromatic heterocycles. The molecule has 0 heterocycles. The van der Waals surface area contributed by atoms with E-state index in [4.69, 9.17) is 9.29 Å². The van der Waals surface area contributed by atoms with Crippen LogP contribution in [0.4, 0.5) is 0 Å². The van der Waals surface area contributed by atoms with Crippen LogP contribution in [0.5, 0.6) is 0 Å². The summed E-state index contributed by atoms with van der Waals surface area (Å²) in [6, 6.07) is 0. The second kappa shape index (κ2) is 3.77. The molecule has 1 aliphatic carbocycles. The van der Waals surface area contributed by atoms with Crippen molar-refractivity contribution in [2.45, 2.75) is 24.9 Å². The van der Waals surface area contributed by atoms with Gasteiger partial charge in [0.1, 0.15) is 5.60 Å². The molecule has 0 spiro atoms. The average molecular weight is 206 g/mol. The molecule has 0 aliphatic heterocycles. The number of allylic oxidation sites excluding steroid dienone is 1. The van der Waals surface area contributed by atoms with Crippen LogP contribution in [0.15, 0.2) is 12.2 Å². The molecule has 0 aromatic rings. The van der Waals surface area contributed by atoms with E-state index in [0.717, 1.165) is 12.7 Å². The van der Waals surface area contributed by atoms with E-state index in [1.807, 2.05) is 6.08 Å². The Morgan fingerprint density at radius 2 is 2.31 bits per heavy atom. The molecule has 13 heavy (non-hydrogen) atoms. The molecule has 1 aliphatic rings. The minimum absolute atomic E-state index is 0.0696. The van der Waals surface area contributed by atoms with E-state index in [1.54, 1.807) is 6.08 Å². The van der Waals surface area contributed by atoms with Crippen molar-refractivity contribution in [3.05, 3.63) is 12.2 Å². The Kier molecular flexibility index (Phi) is 3.10. The Bertz CT molecular complexity index is 293. The molecule has 0 saturated carbocycles. The summed E-state index contributed by atoms with van der Waals surface area (Å²) in [6.07, 6.45) is 6.39. The molecule has 4 nitrogen and oxygen atoms in total. The van der Waals surface area contributed by atoms with Gasteiger partial charge < -0.3 is 5.11 Å². The third-order valence-electron chi connectivity index (χ3n) is 2.01. The first-order valence-electron chi connectivity index (χ1n) is 4.17. The van der Waals surface area contributed by atoms with Gasteiger partial charge >= 0.3 is 0 Å². The first-order valence-corrected chi connectivity index (χ1v) is 5.98. The SMILES string of the molecule is CS(=O)(=O)OC1(CCO)C=CCC1. The van der Waals surface area contributed by atoms with Crippen molar-refractivity contribution in [1.29, 1.82) is 0 Å². The van der Waals surface area contributed by atoms with Gasteiger partial charge in [-0.1, -0.05) is 12.2 Å². The van der Waals surface area contributed by atoms with Gasteiger partial charge in [-0.15, -0.1) is 0 Å². The fraction of sp³-hybridized carbons (Fsp3) is 0.750. The van der Waals surface area contributed by atoms with E-state index in [0.29, 0.717) is 12.8 Å². The van der Waals surface area contributed by atoms with Crippen LogP contribution in [0.2, 0.25) is 0 Å². The van der Waals surface area contributed by atoms with Gasteiger partial charge in [-0.2, -0.15) is 8.42 Å². The highest BCUT2D eigenvalue weighted by Crippen LogP contribution is 2.31.